The van der Waals surface area contributed by atoms with Gasteiger partial charge in [-0.3, -0.25) is 0 Å². The SMILES string of the molecule is N#Cc1ccc(/C=C/C(=O)OCc2nc(-c3cccc(Cl)c3)no2)cc1. The van der Waals surface area contributed by atoms with E-state index in [9.17, 15) is 4.79 Å². The first-order chi connectivity index (χ1) is 12.6. The number of carbonyl (C=O) groups is 1. The summed E-state index contributed by atoms with van der Waals surface area (Å²) in [6.45, 7) is -0.135. The maximum atomic E-state index is 11.8. The van der Waals surface area contributed by atoms with Crippen LogP contribution in [-0.2, 0) is 16.1 Å². The number of rotatable bonds is 5. The van der Waals surface area contributed by atoms with Crippen molar-refractivity contribution in [1.82, 2.24) is 10.1 Å². The topological polar surface area (TPSA) is 89.0 Å². The van der Waals surface area contributed by atoms with Gasteiger partial charge in [-0.25, -0.2) is 4.79 Å². The Morgan fingerprint density at radius 3 is 2.81 bits per heavy atom. The molecule has 0 fully saturated rings. The molecule has 3 rings (SSSR count). The van der Waals surface area contributed by atoms with Gasteiger partial charge >= 0.3 is 5.97 Å². The van der Waals surface area contributed by atoms with Crippen molar-refractivity contribution < 1.29 is 14.1 Å². The first kappa shape index (κ1) is 17.4. The average molecular weight is 366 g/mol. The van der Waals surface area contributed by atoms with E-state index >= 15 is 0 Å². The van der Waals surface area contributed by atoms with Crippen LogP contribution < -0.4 is 0 Å². The molecule has 0 bridgehead atoms. The van der Waals surface area contributed by atoms with E-state index in [0.29, 0.717) is 22.0 Å². The smallest absolute Gasteiger partial charge is 0.331 e. The van der Waals surface area contributed by atoms with E-state index in [-0.39, 0.29) is 12.5 Å². The molecular formula is C19H12ClN3O3. The van der Waals surface area contributed by atoms with Crippen molar-refractivity contribution in [2.45, 2.75) is 6.61 Å². The summed E-state index contributed by atoms with van der Waals surface area (Å²) in [6, 6.07) is 15.9. The summed E-state index contributed by atoms with van der Waals surface area (Å²) in [5, 5.41) is 13.1. The van der Waals surface area contributed by atoms with E-state index in [0.717, 1.165) is 5.56 Å². The van der Waals surface area contributed by atoms with Gasteiger partial charge in [0.25, 0.3) is 5.89 Å². The molecule has 0 aliphatic heterocycles. The van der Waals surface area contributed by atoms with Gasteiger partial charge in [0.2, 0.25) is 5.82 Å². The van der Waals surface area contributed by atoms with E-state index < -0.39 is 5.97 Å². The number of halogens is 1. The van der Waals surface area contributed by atoms with Gasteiger partial charge in [-0.1, -0.05) is 41.0 Å². The molecule has 0 spiro atoms. The van der Waals surface area contributed by atoms with Crippen LogP contribution >= 0.6 is 11.6 Å². The van der Waals surface area contributed by atoms with Crippen LogP contribution in [-0.4, -0.2) is 16.1 Å². The largest absolute Gasteiger partial charge is 0.452 e. The first-order valence-electron chi connectivity index (χ1n) is 7.57. The molecule has 26 heavy (non-hydrogen) atoms. The highest BCUT2D eigenvalue weighted by molar-refractivity contribution is 6.30. The maximum absolute atomic E-state index is 11.8. The van der Waals surface area contributed by atoms with Crippen molar-refractivity contribution in [3.05, 3.63) is 76.6 Å². The number of hydrogen-bond donors (Lipinski definition) is 0. The molecule has 0 amide bonds. The Morgan fingerprint density at radius 1 is 1.27 bits per heavy atom. The molecule has 7 heteroatoms. The highest BCUT2D eigenvalue weighted by atomic mass is 35.5. The second kappa shape index (κ2) is 8.10. The van der Waals surface area contributed by atoms with Crippen LogP contribution in [0.1, 0.15) is 17.0 Å². The molecule has 0 N–H and O–H groups in total. The van der Waals surface area contributed by atoms with E-state index in [4.69, 9.17) is 26.1 Å². The Balaban J connectivity index is 1.56. The normalized spacial score (nSPS) is 10.6. The van der Waals surface area contributed by atoms with Crippen molar-refractivity contribution in [3.8, 4) is 17.5 Å². The summed E-state index contributed by atoms with van der Waals surface area (Å²) < 4.78 is 10.1. The fourth-order valence-corrected chi connectivity index (χ4v) is 2.26. The average Bonchev–Trinajstić information content (AvgIpc) is 3.14. The quantitative estimate of drug-likeness (QED) is 0.501. The number of ether oxygens (including phenoxy) is 1. The molecule has 3 aromatic rings. The lowest BCUT2D eigenvalue weighted by atomic mass is 10.1. The number of esters is 1. The second-order valence-corrected chi connectivity index (χ2v) is 5.63. The fourth-order valence-electron chi connectivity index (χ4n) is 2.07. The number of nitrogens with zero attached hydrogens (tertiary/aromatic N) is 3. The Kier molecular flexibility index (Phi) is 5.42. The highest BCUT2D eigenvalue weighted by Gasteiger charge is 2.10. The first-order valence-corrected chi connectivity index (χ1v) is 7.95. The lowest BCUT2D eigenvalue weighted by Crippen LogP contribution is -2.00. The number of benzene rings is 2. The van der Waals surface area contributed by atoms with Gasteiger partial charge in [0.05, 0.1) is 11.6 Å². The minimum absolute atomic E-state index is 0.135. The fraction of sp³-hybridized carbons (Fsp3) is 0.0526. The zero-order valence-electron chi connectivity index (χ0n) is 13.4. The van der Waals surface area contributed by atoms with Crippen LogP contribution in [0.4, 0.5) is 0 Å². The highest BCUT2D eigenvalue weighted by Crippen LogP contribution is 2.20. The van der Waals surface area contributed by atoms with Crippen LogP contribution in [0.2, 0.25) is 5.02 Å². The Bertz CT molecular complexity index is 988. The van der Waals surface area contributed by atoms with Gasteiger partial charge in [-0.15, -0.1) is 0 Å². The van der Waals surface area contributed by atoms with E-state index in [2.05, 4.69) is 10.1 Å². The van der Waals surface area contributed by atoms with Crippen LogP contribution in [0.3, 0.4) is 0 Å². The third-order valence-corrected chi connectivity index (χ3v) is 3.58. The van der Waals surface area contributed by atoms with Gasteiger partial charge < -0.3 is 9.26 Å². The summed E-state index contributed by atoms with van der Waals surface area (Å²) in [5.74, 6) is 0.00337. The standard InChI is InChI=1S/C19H12ClN3O3/c20-16-3-1-2-15(10-16)19-22-17(26-23-19)12-25-18(24)9-8-13-4-6-14(11-21)7-5-13/h1-10H,12H2/b9-8+. The van der Waals surface area contributed by atoms with E-state index in [1.54, 1.807) is 54.6 Å². The summed E-state index contributed by atoms with van der Waals surface area (Å²) in [5.41, 5.74) is 2.04. The zero-order valence-corrected chi connectivity index (χ0v) is 14.2. The molecule has 6 nitrogen and oxygen atoms in total. The number of hydrogen-bond acceptors (Lipinski definition) is 6. The molecule has 0 unspecified atom stereocenters. The molecule has 0 aliphatic rings. The van der Waals surface area contributed by atoms with E-state index in [1.165, 1.54) is 6.08 Å². The predicted molar refractivity (Wildman–Crippen MR) is 94.7 cm³/mol. The monoisotopic (exact) mass is 365 g/mol. The molecular weight excluding hydrogens is 354 g/mol. The molecule has 1 aromatic heterocycles. The molecule has 0 aliphatic carbocycles. The van der Waals surface area contributed by atoms with Gasteiger partial charge in [0, 0.05) is 16.7 Å². The van der Waals surface area contributed by atoms with Crippen LogP contribution in [0, 0.1) is 11.3 Å². The van der Waals surface area contributed by atoms with Gasteiger partial charge in [-0.05, 0) is 35.9 Å². The minimum Gasteiger partial charge on any atom is -0.452 e. The summed E-state index contributed by atoms with van der Waals surface area (Å²) in [7, 11) is 0. The van der Waals surface area contributed by atoms with Crippen molar-refractivity contribution in [2.75, 3.05) is 0 Å². The van der Waals surface area contributed by atoms with Crippen LogP contribution in [0.25, 0.3) is 17.5 Å². The van der Waals surface area contributed by atoms with Gasteiger partial charge in [-0.2, -0.15) is 10.2 Å². The third-order valence-electron chi connectivity index (χ3n) is 3.34. The number of carbonyl (C=O) groups excluding carboxylic acids is 1. The molecule has 0 saturated heterocycles. The Labute approximate surface area is 154 Å². The zero-order chi connectivity index (χ0) is 18.4. The van der Waals surface area contributed by atoms with Crippen molar-refractivity contribution in [2.24, 2.45) is 0 Å². The molecule has 128 valence electrons. The predicted octanol–water partition coefficient (Wildman–Crippen LogP) is 4.02. The molecule has 0 atom stereocenters. The lowest BCUT2D eigenvalue weighted by Gasteiger charge is -1.97. The maximum Gasteiger partial charge on any atom is 0.331 e. The Hall–Kier alpha value is -3.43. The third kappa shape index (κ3) is 4.56. The molecule has 1 heterocycles. The van der Waals surface area contributed by atoms with Crippen molar-refractivity contribution in [1.29, 1.82) is 5.26 Å². The van der Waals surface area contributed by atoms with E-state index in [1.807, 2.05) is 6.07 Å². The Morgan fingerprint density at radius 2 is 2.08 bits per heavy atom. The summed E-state index contributed by atoms with van der Waals surface area (Å²) in [6.07, 6.45) is 2.88. The lowest BCUT2D eigenvalue weighted by molar-refractivity contribution is -0.139. The molecule has 0 radical (unpaired) electrons. The number of aromatic nitrogens is 2. The number of nitriles is 1. The summed E-state index contributed by atoms with van der Waals surface area (Å²) >= 11 is 5.93. The second-order valence-electron chi connectivity index (χ2n) is 5.20. The van der Waals surface area contributed by atoms with Gasteiger partial charge in [0.15, 0.2) is 6.61 Å². The molecule has 0 saturated carbocycles. The van der Waals surface area contributed by atoms with Crippen LogP contribution in [0.15, 0.2) is 59.1 Å². The van der Waals surface area contributed by atoms with Crippen molar-refractivity contribution in [3.63, 3.8) is 0 Å². The minimum atomic E-state index is -0.545. The van der Waals surface area contributed by atoms with Gasteiger partial charge in [0.1, 0.15) is 0 Å². The van der Waals surface area contributed by atoms with Crippen molar-refractivity contribution >= 4 is 23.6 Å². The van der Waals surface area contributed by atoms with Crippen LogP contribution in [0.5, 0.6) is 0 Å². The summed E-state index contributed by atoms with van der Waals surface area (Å²) in [4.78, 5) is 15.9. The molecule has 2 aromatic carbocycles.